The van der Waals surface area contributed by atoms with Crippen molar-refractivity contribution in [1.29, 1.82) is 0 Å². The number of rotatable bonds is 1. The molecule has 1 saturated heterocycles. The van der Waals surface area contributed by atoms with E-state index in [2.05, 4.69) is 19.9 Å². The highest BCUT2D eigenvalue weighted by molar-refractivity contribution is 6.61. The number of imidazole rings is 1. The third-order valence-corrected chi connectivity index (χ3v) is 3.65. The van der Waals surface area contributed by atoms with Gasteiger partial charge in [-0.1, -0.05) is 0 Å². The molecule has 1 aliphatic rings. The van der Waals surface area contributed by atoms with Crippen LogP contribution in [0.2, 0.25) is 0 Å². The lowest BCUT2D eigenvalue weighted by Crippen LogP contribution is -2.41. The molecule has 0 amide bonds. The zero-order valence-electron chi connectivity index (χ0n) is 10.9. The van der Waals surface area contributed by atoms with Crippen molar-refractivity contribution in [2.45, 2.75) is 38.9 Å². The van der Waals surface area contributed by atoms with Gasteiger partial charge in [0, 0.05) is 6.20 Å². The molecule has 3 heterocycles. The fourth-order valence-electron chi connectivity index (χ4n) is 1.82. The van der Waals surface area contributed by atoms with Crippen LogP contribution in [0.5, 0.6) is 0 Å². The molecule has 0 bridgehead atoms. The van der Waals surface area contributed by atoms with Gasteiger partial charge in [0.25, 0.3) is 0 Å². The Balaban J connectivity index is 1.96. The van der Waals surface area contributed by atoms with Gasteiger partial charge in [0.15, 0.2) is 11.3 Å². The SMILES string of the molecule is CC1(C)OB(c2cnc3nc[nH]c3n2)OC1(C)C. The van der Waals surface area contributed by atoms with Crippen molar-refractivity contribution in [3.05, 3.63) is 12.5 Å². The Hall–Kier alpha value is -1.47. The summed E-state index contributed by atoms with van der Waals surface area (Å²) in [6.45, 7) is 8.04. The Morgan fingerprint density at radius 3 is 2.44 bits per heavy atom. The summed E-state index contributed by atoms with van der Waals surface area (Å²) in [5.41, 5.74) is 1.15. The second kappa shape index (κ2) is 3.52. The molecule has 0 spiro atoms. The van der Waals surface area contributed by atoms with Gasteiger partial charge in [-0.2, -0.15) is 0 Å². The van der Waals surface area contributed by atoms with E-state index in [1.54, 1.807) is 12.5 Å². The van der Waals surface area contributed by atoms with Gasteiger partial charge in [0.2, 0.25) is 0 Å². The number of fused-ring (bicyclic) bond motifs is 1. The topological polar surface area (TPSA) is 72.9 Å². The summed E-state index contributed by atoms with van der Waals surface area (Å²) in [6.07, 6.45) is 3.21. The maximum absolute atomic E-state index is 5.92. The zero-order valence-corrected chi connectivity index (χ0v) is 10.9. The van der Waals surface area contributed by atoms with Gasteiger partial charge >= 0.3 is 7.12 Å². The van der Waals surface area contributed by atoms with Crippen molar-refractivity contribution < 1.29 is 9.31 Å². The molecule has 0 atom stereocenters. The molecule has 0 aliphatic carbocycles. The van der Waals surface area contributed by atoms with Crippen LogP contribution in [0.3, 0.4) is 0 Å². The van der Waals surface area contributed by atoms with E-state index in [1.165, 1.54) is 0 Å². The number of aromatic amines is 1. The zero-order chi connectivity index (χ0) is 13.0. The molecule has 1 fully saturated rings. The molecule has 2 aromatic rings. The number of aromatic nitrogens is 4. The number of nitrogens with one attached hydrogen (secondary N) is 1. The highest BCUT2D eigenvalue weighted by Crippen LogP contribution is 2.36. The van der Waals surface area contributed by atoms with Crippen molar-refractivity contribution >= 4 is 24.0 Å². The van der Waals surface area contributed by atoms with Gasteiger partial charge in [-0.15, -0.1) is 0 Å². The van der Waals surface area contributed by atoms with Crippen LogP contribution in [-0.4, -0.2) is 38.3 Å². The standard InChI is InChI=1S/C11H15BN4O2/c1-10(2)11(3,4)18-12(17-10)7-5-13-8-9(16-7)15-6-14-8/h5-6H,1-4H3,(H,13,14,15,16). The maximum atomic E-state index is 5.92. The highest BCUT2D eigenvalue weighted by Gasteiger charge is 2.52. The summed E-state index contributed by atoms with van der Waals surface area (Å²) in [4.78, 5) is 15.6. The third kappa shape index (κ3) is 1.62. The minimum Gasteiger partial charge on any atom is -0.398 e. The highest BCUT2D eigenvalue weighted by atomic mass is 16.7. The van der Waals surface area contributed by atoms with Crippen molar-refractivity contribution in [2.24, 2.45) is 0 Å². The average molecular weight is 246 g/mol. The first-order valence-corrected chi connectivity index (χ1v) is 5.91. The lowest BCUT2D eigenvalue weighted by Gasteiger charge is -2.32. The summed E-state index contributed by atoms with van der Waals surface area (Å²) < 4.78 is 11.8. The third-order valence-electron chi connectivity index (χ3n) is 3.65. The van der Waals surface area contributed by atoms with E-state index in [4.69, 9.17) is 9.31 Å². The van der Waals surface area contributed by atoms with Crippen LogP contribution in [0.4, 0.5) is 0 Å². The minimum absolute atomic E-state index is 0.373. The molecule has 0 unspecified atom stereocenters. The Morgan fingerprint density at radius 2 is 1.78 bits per heavy atom. The molecular weight excluding hydrogens is 231 g/mol. The molecule has 94 valence electrons. The number of hydrogen-bond donors (Lipinski definition) is 1. The molecule has 2 aromatic heterocycles. The number of hydrogen-bond acceptors (Lipinski definition) is 5. The largest absolute Gasteiger partial charge is 0.516 e. The quantitative estimate of drug-likeness (QED) is 0.748. The summed E-state index contributed by atoms with van der Waals surface area (Å²) in [7, 11) is -0.491. The molecule has 6 nitrogen and oxygen atoms in total. The monoisotopic (exact) mass is 246 g/mol. The Bertz CT molecular complexity index is 579. The number of nitrogens with zero attached hydrogens (tertiary/aromatic N) is 3. The van der Waals surface area contributed by atoms with E-state index in [0.717, 1.165) is 0 Å². The van der Waals surface area contributed by atoms with Gasteiger partial charge < -0.3 is 14.3 Å². The Labute approximate surface area is 105 Å². The van der Waals surface area contributed by atoms with Gasteiger partial charge in [-0.25, -0.2) is 15.0 Å². The average Bonchev–Trinajstić information content (AvgIpc) is 2.80. The molecular formula is C11H15BN4O2. The van der Waals surface area contributed by atoms with Crippen molar-refractivity contribution in [2.75, 3.05) is 0 Å². The van der Waals surface area contributed by atoms with Crippen molar-refractivity contribution in [3.8, 4) is 0 Å². The van der Waals surface area contributed by atoms with Crippen LogP contribution in [0.15, 0.2) is 12.5 Å². The number of H-pyrrole nitrogens is 1. The lowest BCUT2D eigenvalue weighted by atomic mass is 9.85. The van der Waals surface area contributed by atoms with Crippen LogP contribution in [0.1, 0.15) is 27.7 Å². The molecule has 1 N–H and O–H groups in total. The van der Waals surface area contributed by atoms with E-state index in [1.807, 2.05) is 27.7 Å². The van der Waals surface area contributed by atoms with Crippen LogP contribution in [0, 0.1) is 0 Å². The van der Waals surface area contributed by atoms with Crippen LogP contribution >= 0.6 is 0 Å². The lowest BCUT2D eigenvalue weighted by molar-refractivity contribution is 0.00578. The molecule has 0 radical (unpaired) electrons. The normalized spacial score (nSPS) is 21.7. The second-order valence-electron chi connectivity index (χ2n) is 5.46. The first kappa shape index (κ1) is 11.6. The van der Waals surface area contributed by atoms with E-state index in [9.17, 15) is 0 Å². The Morgan fingerprint density at radius 1 is 1.11 bits per heavy atom. The van der Waals surface area contributed by atoms with Gasteiger partial charge in [-0.05, 0) is 27.7 Å². The van der Waals surface area contributed by atoms with Crippen LogP contribution in [0.25, 0.3) is 11.3 Å². The van der Waals surface area contributed by atoms with E-state index >= 15 is 0 Å². The van der Waals surface area contributed by atoms with Crippen molar-refractivity contribution in [1.82, 2.24) is 19.9 Å². The molecule has 0 saturated carbocycles. The van der Waals surface area contributed by atoms with Gasteiger partial charge in [0.1, 0.15) is 0 Å². The van der Waals surface area contributed by atoms with E-state index in [-0.39, 0.29) is 11.2 Å². The van der Waals surface area contributed by atoms with Gasteiger partial charge in [-0.3, -0.25) is 0 Å². The van der Waals surface area contributed by atoms with Crippen molar-refractivity contribution in [3.63, 3.8) is 0 Å². The first-order valence-electron chi connectivity index (χ1n) is 5.91. The molecule has 18 heavy (non-hydrogen) atoms. The fourth-order valence-corrected chi connectivity index (χ4v) is 1.82. The molecule has 0 aromatic carbocycles. The molecule has 3 rings (SSSR count). The smallest absolute Gasteiger partial charge is 0.398 e. The molecule has 1 aliphatic heterocycles. The predicted octanol–water partition coefficient (Wildman–Crippen LogP) is 0.652. The summed E-state index contributed by atoms with van der Waals surface area (Å²) >= 11 is 0. The van der Waals surface area contributed by atoms with Crippen LogP contribution < -0.4 is 5.59 Å². The maximum Gasteiger partial charge on any atom is 0.516 e. The van der Waals surface area contributed by atoms with Gasteiger partial charge in [0.05, 0.1) is 23.1 Å². The minimum atomic E-state index is -0.491. The summed E-state index contributed by atoms with van der Waals surface area (Å²) in [6, 6.07) is 0. The van der Waals surface area contributed by atoms with E-state index < -0.39 is 7.12 Å². The fraction of sp³-hybridized carbons (Fsp3) is 0.545. The Kier molecular flexibility index (Phi) is 2.27. The first-order chi connectivity index (χ1) is 8.39. The predicted molar refractivity (Wildman–Crippen MR) is 67.4 cm³/mol. The summed E-state index contributed by atoms with van der Waals surface area (Å²) in [5, 5.41) is 0. The molecule has 7 heteroatoms. The second-order valence-corrected chi connectivity index (χ2v) is 5.46. The summed E-state index contributed by atoms with van der Waals surface area (Å²) in [5.74, 6) is 0. The van der Waals surface area contributed by atoms with Crippen LogP contribution in [-0.2, 0) is 9.31 Å². The van der Waals surface area contributed by atoms with E-state index in [0.29, 0.717) is 16.9 Å².